The molecule has 0 fully saturated rings. The molecule has 0 aliphatic rings. The standard InChI is InChI=1S/C15H22ClFN2O2S/c1-10(11-5-6-13(17)12(16)9-11)19-14(20)18-7-8-22(21)15(2,3)4/h5-6,9-10H,7-8H2,1-4H3,(H2,18,19,20)/t10-,22+/m0/s1. The van der Waals surface area contributed by atoms with Gasteiger partial charge in [-0.1, -0.05) is 17.7 Å². The molecular formula is C15H22ClFN2O2S. The first-order chi connectivity index (χ1) is 10.1. The lowest BCUT2D eigenvalue weighted by Gasteiger charge is -2.18. The molecule has 0 radical (unpaired) electrons. The maximum absolute atomic E-state index is 13.1. The molecule has 2 atom stereocenters. The van der Waals surface area contributed by atoms with Crippen LogP contribution in [0.1, 0.15) is 39.3 Å². The van der Waals surface area contributed by atoms with E-state index in [2.05, 4.69) is 10.6 Å². The number of carbonyl (C=O) groups is 1. The Labute approximate surface area is 138 Å². The molecule has 0 saturated carbocycles. The molecule has 0 saturated heterocycles. The number of rotatable bonds is 5. The van der Waals surface area contributed by atoms with Crippen molar-refractivity contribution in [2.75, 3.05) is 12.3 Å². The second-order valence-electron chi connectivity index (χ2n) is 5.96. The second kappa shape index (κ2) is 7.92. The zero-order valence-electron chi connectivity index (χ0n) is 13.2. The van der Waals surface area contributed by atoms with Crippen LogP contribution in [0.3, 0.4) is 0 Å². The van der Waals surface area contributed by atoms with Crippen molar-refractivity contribution in [1.82, 2.24) is 10.6 Å². The summed E-state index contributed by atoms with van der Waals surface area (Å²) in [6, 6.07) is 3.64. The lowest BCUT2D eigenvalue weighted by Crippen LogP contribution is -2.40. The molecule has 0 aromatic heterocycles. The maximum atomic E-state index is 13.1. The van der Waals surface area contributed by atoms with E-state index >= 15 is 0 Å². The van der Waals surface area contributed by atoms with E-state index in [0.717, 1.165) is 0 Å². The van der Waals surface area contributed by atoms with Crippen LogP contribution in [0.4, 0.5) is 9.18 Å². The van der Waals surface area contributed by atoms with Crippen LogP contribution in [0.2, 0.25) is 5.02 Å². The minimum absolute atomic E-state index is 0.0205. The normalized spacial score (nSPS) is 14.3. The van der Waals surface area contributed by atoms with Gasteiger partial charge in [0.25, 0.3) is 0 Å². The summed E-state index contributed by atoms with van der Waals surface area (Å²) in [5.41, 5.74) is 0.708. The van der Waals surface area contributed by atoms with E-state index in [4.69, 9.17) is 11.6 Å². The molecule has 4 nitrogen and oxygen atoms in total. The van der Waals surface area contributed by atoms with Gasteiger partial charge in [-0.2, -0.15) is 0 Å². The molecule has 7 heteroatoms. The minimum atomic E-state index is -1.01. The fraction of sp³-hybridized carbons (Fsp3) is 0.533. The van der Waals surface area contributed by atoms with Crippen molar-refractivity contribution in [3.05, 3.63) is 34.6 Å². The number of nitrogens with one attached hydrogen (secondary N) is 2. The predicted octanol–water partition coefficient (Wildman–Crippen LogP) is 3.39. The minimum Gasteiger partial charge on any atom is -0.337 e. The zero-order valence-corrected chi connectivity index (χ0v) is 14.8. The monoisotopic (exact) mass is 348 g/mol. The first kappa shape index (κ1) is 18.9. The summed E-state index contributed by atoms with van der Waals surface area (Å²) in [6.45, 7) is 7.78. The third-order valence-corrected chi connectivity index (χ3v) is 5.28. The number of benzene rings is 1. The summed E-state index contributed by atoms with van der Waals surface area (Å²) < 4.78 is 24.7. The van der Waals surface area contributed by atoms with Crippen LogP contribution in [0.15, 0.2) is 18.2 Å². The number of halogens is 2. The van der Waals surface area contributed by atoms with Crippen molar-refractivity contribution in [3.63, 3.8) is 0 Å². The zero-order chi connectivity index (χ0) is 16.9. The smallest absolute Gasteiger partial charge is 0.315 e. The van der Waals surface area contributed by atoms with Gasteiger partial charge >= 0.3 is 6.03 Å². The van der Waals surface area contributed by atoms with Crippen molar-refractivity contribution in [2.45, 2.75) is 38.5 Å². The Bertz CT molecular complexity index is 561. The van der Waals surface area contributed by atoms with Gasteiger partial charge in [0.15, 0.2) is 0 Å². The average Bonchev–Trinajstić information content (AvgIpc) is 2.40. The highest BCUT2D eigenvalue weighted by Crippen LogP contribution is 2.20. The Morgan fingerprint density at radius 1 is 1.41 bits per heavy atom. The molecule has 0 heterocycles. The molecule has 2 N–H and O–H groups in total. The van der Waals surface area contributed by atoms with Gasteiger partial charge < -0.3 is 10.6 Å². The highest BCUT2D eigenvalue weighted by atomic mass is 35.5. The van der Waals surface area contributed by atoms with Crippen molar-refractivity contribution in [3.8, 4) is 0 Å². The summed E-state index contributed by atoms with van der Waals surface area (Å²) >= 11 is 5.72. The summed E-state index contributed by atoms with van der Waals surface area (Å²) in [5, 5.41) is 5.41. The molecule has 0 aliphatic heterocycles. The van der Waals surface area contributed by atoms with Crippen LogP contribution in [0, 0.1) is 5.82 Å². The van der Waals surface area contributed by atoms with E-state index in [1.54, 1.807) is 13.0 Å². The first-order valence-electron chi connectivity index (χ1n) is 6.99. The lowest BCUT2D eigenvalue weighted by molar-refractivity contribution is 0.238. The molecule has 1 aromatic rings. The van der Waals surface area contributed by atoms with E-state index in [9.17, 15) is 13.4 Å². The Balaban J connectivity index is 2.44. The van der Waals surface area contributed by atoms with Gasteiger partial charge in [-0.3, -0.25) is 4.21 Å². The van der Waals surface area contributed by atoms with E-state index in [0.29, 0.717) is 17.9 Å². The summed E-state index contributed by atoms with van der Waals surface area (Å²) in [4.78, 5) is 11.8. The van der Waals surface area contributed by atoms with Crippen molar-refractivity contribution in [2.24, 2.45) is 0 Å². The highest BCUT2D eigenvalue weighted by Gasteiger charge is 2.19. The van der Waals surface area contributed by atoms with Gasteiger partial charge in [0.2, 0.25) is 0 Å². The van der Waals surface area contributed by atoms with Gasteiger partial charge in [0.05, 0.1) is 11.1 Å². The van der Waals surface area contributed by atoms with E-state index in [1.807, 2.05) is 20.8 Å². The number of urea groups is 1. The summed E-state index contributed by atoms with van der Waals surface area (Å²) in [7, 11) is -1.01. The number of carbonyl (C=O) groups excluding carboxylic acids is 1. The molecule has 2 amide bonds. The van der Waals surface area contributed by atoms with Crippen LogP contribution in [-0.4, -0.2) is 27.3 Å². The molecule has 124 valence electrons. The third-order valence-electron chi connectivity index (χ3n) is 3.05. The molecular weight excluding hydrogens is 327 g/mol. The van der Waals surface area contributed by atoms with Gasteiger partial charge in [-0.15, -0.1) is 0 Å². The Kier molecular flexibility index (Phi) is 6.81. The van der Waals surface area contributed by atoms with Crippen LogP contribution in [0.25, 0.3) is 0 Å². The summed E-state index contributed by atoms with van der Waals surface area (Å²) in [6.07, 6.45) is 0. The van der Waals surface area contributed by atoms with Crippen LogP contribution in [-0.2, 0) is 10.8 Å². The molecule has 22 heavy (non-hydrogen) atoms. The molecule has 0 spiro atoms. The van der Waals surface area contributed by atoms with E-state index in [-0.39, 0.29) is 21.8 Å². The highest BCUT2D eigenvalue weighted by molar-refractivity contribution is 7.86. The van der Waals surface area contributed by atoms with E-state index in [1.165, 1.54) is 12.1 Å². The van der Waals surface area contributed by atoms with Crippen LogP contribution < -0.4 is 10.6 Å². The Morgan fingerprint density at radius 2 is 2.05 bits per heavy atom. The second-order valence-corrected chi connectivity index (χ2v) is 8.69. The molecule has 1 rings (SSSR count). The van der Waals surface area contributed by atoms with Crippen molar-refractivity contribution >= 4 is 28.4 Å². The van der Waals surface area contributed by atoms with Crippen molar-refractivity contribution < 1.29 is 13.4 Å². The number of hydrogen-bond donors (Lipinski definition) is 2. The molecule has 1 aromatic carbocycles. The third kappa shape index (κ3) is 5.93. The number of amides is 2. The SMILES string of the molecule is C[C@H](NC(=O)NCC[S@@](=O)C(C)(C)C)c1ccc(F)c(Cl)c1. The lowest BCUT2D eigenvalue weighted by atomic mass is 10.1. The van der Waals surface area contributed by atoms with Crippen molar-refractivity contribution in [1.29, 1.82) is 0 Å². The van der Waals surface area contributed by atoms with Gasteiger partial charge in [-0.05, 0) is 45.4 Å². The van der Waals surface area contributed by atoms with Gasteiger partial charge in [0, 0.05) is 27.8 Å². The Morgan fingerprint density at radius 3 is 2.59 bits per heavy atom. The Hall–Kier alpha value is -1.14. The number of hydrogen-bond acceptors (Lipinski definition) is 2. The first-order valence-corrected chi connectivity index (χ1v) is 8.68. The van der Waals surface area contributed by atoms with Gasteiger partial charge in [0.1, 0.15) is 5.82 Å². The average molecular weight is 349 g/mol. The fourth-order valence-electron chi connectivity index (χ4n) is 1.68. The molecule has 0 bridgehead atoms. The molecule has 0 unspecified atom stereocenters. The maximum Gasteiger partial charge on any atom is 0.315 e. The topological polar surface area (TPSA) is 58.2 Å². The van der Waals surface area contributed by atoms with Gasteiger partial charge in [-0.25, -0.2) is 9.18 Å². The van der Waals surface area contributed by atoms with E-state index < -0.39 is 16.6 Å². The summed E-state index contributed by atoms with van der Waals surface area (Å²) in [5.74, 6) is -0.0973. The quantitative estimate of drug-likeness (QED) is 0.857. The van der Waals surface area contributed by atoms with Crippen LogP contribution >= 0.6 is 11.6 Å². The fourth-order valence-corrected chi connectivity index (χ4v) is 2.76. The predicted molar refractivity (Wildman–Crippen MR) is 89.1 cm³/mol. The van der Waals surface area contributed by atoms with Crippen LogP contribution in [0.5, 0.6) is 0 Å². The largest absolute Gasteiger partial charge is 0.337 e. The molecule has 0 aliphatic carbocycles.